The third-order valence-electron chi connectivity index (χ3n) is 3.39. The zero-order valence-electron chi connectivity index (χ0n) is 11.2. The minimum atomic E-state index is -0.612. The van der Waals surface area contributed by atoms with Gasteiger partial charge in [0.25, 0.3) is 5.91 Å². The molecule has 0 radical (unpaired) electrons. The fraction of sp³-hybridized carbons (Fsp3) is 0.188. The highest BCUT2D eigenvalue weighted by Gasteiger charge is 2.15. The van der Waals surface area contributed by atoms with Gasteiger partial charge in [0.05, 0.1) is 5.69 Å². The second-order valence-electron chi connectivity index (χ2n) is 4.95. The molecule has 5 heteroatoms. The number of carbonyl (C=O) groups excluding carboxylic acids is 1. The number of hydrogen-bond donors (Lipinski definition) is 2. The van der Waals surface area contributed by atoms with Crippen LogP contribution in [0.15, 0.2) is 36.4 Å². The fourth-order valence-corrected chi connectivity index (χ4v) is 2.28. The van der Waals surface area contributed by atoms with E-state index in [1.165, 1.54) is 12.1 Å². The number of carbonyl (C=O) groups is 1. The highest BCUT2D eigenvalue weighted by Crippen LogP contribution is 2.29. The molecular weight excluding hydrogens is 273 g/mol. The summed E-state index contributed by atoms with van der Waals surface area (Å²) < 4.78 is 18.6. The van der Waals surface area contributed by atoms with E-state index >= 15 is 0 Å². The number of phenols is 1. The first kappa shape index (κ1) is 13.4. The summed E-state index contributed by atoms with van der Waals surface area (Å²) in [7, 11) is 0. The van der Waals surface area contributed by atoms with E-state index in [0.717, 1.165) is 11.1 Å². The van der Waals surface area contributed by atoms with Crippen molar-refractivity contribution in [1.82, 2.24) is 0 Å². The lowest BCUT2D eigenvalue weighted by atomic mass is 10.0. The van der Waals surface area contributed by atoms with Crippen molar-refractivity contribution in [3.05, 3.63) is 53.3 Å². The van der Waals surface area contributed by atoms with Crippen LogP contribution in [-0.2, 0) is 17.6 Å². The van der Waals surface area contributed by atoms with E-state index in [9.17, 15) is 9.18 Å². The maximum Gasteiger partial charge on any atom is 0.262 e. The Morgan fingerprint density at radius 2 is 1.86 bits per heavy atom. The number of phenolic OH excluding ortho intramolecular Hbond substituents is 1. The average molecular weight is 287 g/mol. The third kappa shape index (κ3) is 2.97. The first-order valence-electron chi connectivity index (χ1n) is 6.65. The minimum Gasteiger partial charge on any atom is -0.505 e. The molecule has 108 valence electrons. The van der Waals surface area contributed by atoms with Crippen LogP contribution in [0, 0.1) is 5.82 Å². The number of anilines is 1. The molecule has 1 aliphatic heterocycles. The van der Waals surface area contributed by atoms with E-state index in [-0.39, 0.29) is 18.3 Å². The Hall–Kier alpha value is -2.56. The van der Waals surface area contributed by atoms with Crippen LogP contribution in [0.1, 0.15) is 11.1 Å². The number of ether oxygens (including phenoxy) is 1. The van der Waals surface area contributed by atoms with Gasteiger partial charge in [-0.25, -0.2) is 4.39 Å². The SMILES string of the molecule is O=C1COc2ccc(CCc3ccc(O)c(F)c3)cc2N1. The summed E-state index contributed by atoms with van der Waals surface area (Å²) in [5.41, 5.74) is 2.50. The molecule has 0 spiro atoms. The average Bonchev–Trinajstić information content (AvgIpc) is 2.48. The molecule has 1 aliphatic rings. The van der Waals surface area contributed by atoms with Crippen LogP contribution in [0.4, 0.5) is 10.1 Å². The molecule has 0 unspecified atom stereocenters. The predicted molar refractivity (Wildman–Crippen MR) is 76.0 cm³/mol. The van der Waals surface area contributed by atoms with Gasteiger partial charge < -0.3 is 15.2 Å². The summed E-state index contributed by atoms with van der Waals surface area (Å²) >= 11 is 0. The van der Waals surface area contributed by atoms with Crippen LogP contribution >= 0.6 is 0 Å². The van der Waals surface area contributed by atoms with E-state index in [2.05, 4.69) is 5.32 Å². The summed E-state index contributed by atoms with van der Waals surface area (Å²) in [6.07, 6.45) is 1.35. The van der Waals surface area contributed by atoms with Crippen LogP contribution in [0.5, 0.6) is 11.5 Å². The van der Waals surface area contributed by atoms with Crippen LogP contribution in [-0.4, -0.2) is 17.6 Å². The van der Waals surface area contributed by atoms with Gasteiger partial charge in [-0.1, -0.05) is 12.1 Å². The molecule has 2 aromatic carbocycles. The topological polar surface area (TPSA) is 58.6 Å². The number of aromatic hydroxyl groups is 1. The fourth-order valence-electron chi connectivity index (χ4n) is 2.28. The summed E-state index contributed by atoms with van der Waals surface area (Å²) in [6.45, 7) is 0.0408. The van der Waals surface area contributed by atoms with E-state index < -0.39 is 5.82 Å². The Morgan fingerprint density at radius 3 is 2.62 bits per heavy atom. The van der Waals surface area contributed by atoms with Crippen molar-refractivity contribution < 1.29 is 19.0 Å². The quantitative estimate of drug-likeness (QED) is 0.912. The molecule has 2 aromatic rings. The second-order valence-corrected chi connectivity index (χ2v) is 4.95. The van der Waals surface area contributed by atoms with Crippen molar-refractivity contribution in [1.29, 1.82) is 0 Å². The molecule has 21 heavy (non-hydrogen) atoms. The molecule has 1 heterocycles. The van der Waals surface area contributed by atoms with Crippen molar-refractivity contribution in [2.45, 2.75) is 12.8 Å². The van der Waals surface area contributed by atoms with Gasteiger partial charge in [-0.2, -0.15) is 0 Å². The van der Waals surface area contributed by atoms with Crippen molar-refractivity contribution >= 4 is 11.6 Å². The van der Waals surface area contributed by atoms with Gasteiger partial charge in [-0.15, -0.1) is 0 Å². The van der Waals surface area contributed by atoms with Gasteiger partial charge in [0.2, 0.25) is 0 Å². The van der Waals surface area contributed by atoms with Crippen molar-refractivity contribution in [3.8, 4) is 11.5 Å². The number of nitrogens with one attached hydrogen (secondary N) is 1. The Bertz CT molecular complexity index is 700. The van der Waals surface area contributed by atoms with E-state index in [0.29, 0.717) is 24.3 Å². The second kappa shape index (κ2) is 5.44. The number of benzene rings is 2. The van der Waals surface area contributed by atoms with Crippen molar-refractivity contribution in [2.24, 2.45) is 0 Å². The number of hydrogen-bond acceptors (Lipinski definition) is 3. The summed E-state index contributed by atoms with van der Waals surface area (Å²) in [5.74, 6) is -0.458. The van der Waals surface area contributed by atoms with E-state index in [1.54, 1.807) is 6.07 Å². The number of rotatable bonds is 3. The van der Waals surface area contributed by atoms with E-state index in [1.807, 2.05) is 18.2 Å². The number of fused-ring (bicyclic) bond motifs is 1. The third-order valence-corrected chi connectivity index (χ3v) is 3.39. The molecule has 0 atom stereocenters. The summed E-state index contributed by atoms with van der Waals surface area (Å²) in [6, 6.07) is 9.99. The number of halogens is 1. The predicted octanol–water partition coefficient (Wildman–Crippen LogP) is 2.65. The minimum absolute atomic E-state index is 0.0408. The molecular formula is C16H14FNO3. The van der Waals surface area contributed by atoms with Crippen LogP contribution in [0.2, 0.25) is 0 Å². The monoisotopic (exact) mass is 287 g/mol. The molecule has 3 rings (SSSR count). The summed E-state index contributed by atoms with van der Waals surface area (Å²) in [5, 5.41) is 11.9. The summed E-state index contributed by atoms with van der Waals surface area (Å²) in [4.78, 5) is 11.3. The van der Waals surface area contributed by atoms with Gasteiger partial charge in [0, 0.05) is 0 Å². The first-order chi connectivity index (χ1) is 10.1. The molecule has 2 N–H and O–H groups in total. The van der Waals surface area contributed by atoms with Gasteiger partial charge in [0.1, 0.15) is 5.75 Å². The Balaban J connectivity index is 1.72. The lowest BCUT2D eigenvalue weighted by Gasteiger charge is -2.18. The molecule has 0 fully saturated rings. The van der Waals surface area contributed by atoms with Crippen LogP contribution in [0.3, 0.4) is 0 Å². The zero-order chi connectivity index (χ0) is 14.8. The largest absolute Gasteiger partial charge is 0.505 e. The Morgan fingerprint density at radius 1 is 1.14 bits per heavy atom. The van der Waals surface area contributed by atoms with Gasteiger partial charge in [-0.05, 0) is 48.2 Å². The highest BCUT2D eigenvalue weighted by molar-refractivity contribution is 5.95. The van der Waals surface area contributed by atoms with Gasteiger partial charge in [0.15, 0.2) is 18.2 Å². The standard InChI is InChI=1S/C16H14FNO3/c17-12-7-10(3-5-14(12)19)1-2-11-4-6-15-13(8-11)18-16(20)9-21-15/h3-8,19H,1-2,9H2,(H,18,20). The molecule has 0 saturated heterocycles. The number of aryl methyl sites for hydroxylation is 2. The highest BCUT2D eigenvalue weighted by atomic mass is 19.1. The first-order valence-corrected chi connectivity index (χ1v) is 6.65. The number of amides is 1. The molecule has 1 amide bonds. The molecule has 0 bridgehead atoms. The maximum absolute atomic E-state index is 13.3. The van der Waals surface area contributed by atoms with Crippen molar-refractivity contribution in [3.63, 3.8) is 0 Å². The van der Waals surface area contributed by atoms with Crippen LogP contribution in [0.25, 0.3) is 0 Å². The Kier molecular flexibility index (Phi) is 3.48. The normalized spacial score (nSPS) is 13.3. The van der Waals surface area contributed by atoms with E-state index in [4.69, 9.17) is 9.84 Å². The smallest absolute Gasteiger partial charge is 0.262 e. The van der Waals surface area contributed by atoms with Crippen molar-refractivity contribution in [2.75, 3.05) is 11.9 Å². The Labute approximate surface area is 121 Å². The van der Waals surface area contributed by atoms with Gasteiger partial charge in [-0.3, -0.25) is 4.79 Å². The maximum atomic E-state index is 13.3. The lowest BCUT2D eigenvalue weighted by molar-refractivity contribution is -0.118. The van der Waals surface area contributed by atoms with Gasteiger partial charge >= 0.3 is 0 Å². The molecule has 0 aliphatic carbocycles. The molecule has 0 aromatic heterocycles. The molecule has 4 nitrogen and oxygen atoms in total. The lowest BCUT2D eigenvalue weighted by Crippen LogP contribution is -2.25. The zero-order valence-corrected chi connectivity index (χ0v) is 11.2. The molecule has 0 saturated carbocycles. The van der Waals surface area contributed by atoms with Crippen LogP contribution < -0.4 is 10.1 Å².